The predicted molar refractivity (Wildman–Crippen MR) is 103 cm³/mol. The summed E-state index contributed by atoms with van der Waals surface area (Å²) in [5.74, 6) is 0.662. The average molecular weight is 408 g/mol. The Kier molecular flexibility index (Phi) is 8.36. The Balaban J connectivity index is 2.58. The summed E-state index contributed by atoms with van der Waals surface area (Å²) in [6.45, 7) is 5.70. The second-order valence-corrected chi connectivity index (χ2v) is 10.3. The highest BCUT2D eigenvalue weighted by Gasteiger charge is 2.21. The summed E-state index contributed by atoms with van der Waals surface area (Å²) < 4.78 is 59.1. The molecule has 0 aromatic heterocycles. The van der Waals surface area contributed by atoms with Crippen LogP contribution in [0.25, 0.3) is 0 Å². The third-order valence-corrected chi connectivity index (χ3v) is 5.51. The highest BCUT2D eigenvalue weighted by atomic mass is 32.2. The van der Waals surface area contributed by atoms with Gasteiger partial charge in [0.05, 0.1) is 18.6 Å². The maximum atomic E-state index is 12.0. The first-order valence-corrected chi connectivity index (χ1v) is 12.0. The lowest BCUT2D eigenvalue weighted by atomic mass is 10.1. The molecule has 7 nitrogen and oxygen atoms in total. The van der Waals surface area contributed by atoms with E-state index < -0.39 is 25.7 Å². The van der Waals surface area contributed by atoms with Gasteiger partial charge < -0.3 is 4.74 Å². The van der Waals surface area contributed by atoms with Gasteiger partial charge in [0.1, 0.15) is 11.4 Å². The number of nitrogens with one attached hydrogen (secondary N) is 1. The fraction of sp³-hybridized carbons (Fsp3) is 0.647. The van der Waals surface area contributed by atoms with Gasteiger partial charge in [0.15, 0.2) is 0 Å². The van der Waals surface area contributed by atoms with Gasteiger partial charge in [0.25, 0.3) is 10.1 Å². The average Bonchev–Trinajstić information content (AvgIpc) is 2.47. The van der Waals surface area contributed by atoms with E-state index in [1.165, 1.54) is 0 Å². The lowest BCUT2D eigenvalue weighted by Gasteiger charge is -2.26. The summed E-state index contributed by atoms with van der Waals surface area (Å²) in [6, 6.07) is 6.61. The van der Waals surface area contributed by atoms with Gasteiger partial charge in [-0.05, 0) is 44.5 Å². The first-order chi connectivity index (χ1) is 11.9. The molecular formula is C17H29NO6S2. The van der Waals surface area contributed by atoms with Gasteiger partial charge in [-0.2, -0.15) is 8.42 Å². The van der Waals surface area contributed by atoms with Crippen LogP contribution in [0, 0.1) is 0 Å². The van der Waals surface area contributed by atoms with Crippen molar-refractivity contribution in [3.8, 4) is 5.75 Å². The van der Waals surface area contributed by atoms with Crippen molar-refractivity contribution in [2.24, 2.45) is 0 Å². The zero-order valence-electron chi connectivity index (χ0n) is 15.8. The monoisotopic (exact) mass is 407 g/mol. The van der Waals surface area contributed by atoms with E-state index in [1.54, 1.807) is 24.3 Å². The third kappa shape index (κ3) is 9.98. The van der Waals surface area contributed by atoms with Crippen LogP contribution in [0.5, 0.6) is 5.75 Å². The molecule has 1 rings (SSSR count). The van der Waals surface area contributed by atoms with E-state index in [1.807, 2.05) is 20.8 Å². The minimum atomic E-state index is -3.47. The normalized spacial score (nSPS) is 12.8. The Labute approximate surface area is 157 Å². The van der Waals surface area contributed by atoms with Crippen LogP contribution in [0.4, 0.5) is 5.69 Å². The second kappa shape index (κ2) is 9.57. The molecule has 0 heterocycles. The van der Waals surface area contributed by atoms with E-state index in [4.69, 9.17) is 8.92 Å². The summed E-state index contributed by atoms with van der Waals surface area (Å²) in [5.41, 5.74) is -0.154. The molecule has 0 fully saturated rings. The van der Waals surface area contributed by atoms with Crippen LogP contribution >= 0.6 is 0 Å². The molecular weight excluding hydrogens is 378 g/mol. The van der Waals surface area contributed by atoms with Crippen LogP contribution in [0.2, 0.25) is 0 Å². The fourth-order valence-corrected chi connectivity index (χ4v) is 3.74. The van der Waals surface area contributed by atoms with Crippen LogP contribution in [-0.4, -0.2) is 41.1 Å². The molecule has 0 aliphatic heterocycles. The Morgan fingerprint density at radius 3 is 2.19 bits per heavy atom. The molecule has 26 heavy (non-hydrogen) atoms. The lowest BCUT2D eigenvalue weighted by molar-refractivity contribution is 0.0824. The van der Waals surface area contributed by atoms with Crippen LogP contribution in [0.15, 0.2) is 24.3 Å². The SMILES string of the molecule is CCCCCS(=O)(=O)Nc1ccc(OC(C)(C)CCOS(C)(=O)=O)cc1. The number of rotatable bonds is 12. The molecule has 0 aliphatic carbocycles. The van der Waals surface area contributed by atoms with Gasteiger partial charge >= 0.3 is 0 Å². The van der Waals surface area contributed by atoms with E-state index in [9.17, 15) is 16.8 Å². The maximum Gasteiger partial charge on any atom is 0.264 e. The third-order valence-electron chi connectivity index (χ3n) is 3.54. The summed E-state index contributed by atoms with van der Waals surface area (Å²) in [4.78, 5) is 0. The molecule has 0 atom stereocenters. The largest absolute Gasteiger partial charge is 0.488 e. The summed E-state index contributed by atoms with van der Waals surface area (Å²) in [5, 5.41) is 0. The molecule has 0 saturated carbocycles. The first kappa shape index (κ1) is 22.7. The molecule has 0 spiro atoms. The number of hydrogen-bond donors (Lipinski definition) is 1. The second-order valence-electron chi connectivity index (χ2n) is 6.79. The number of hydrogen-bond acceptors (Lipinski definition) is 6. The van der Waals surface area contributed by atoms with Crippen molar-refractivity contribution in [3.63, 3.8) is 0 Å². The molecule has 9 heteroatoms. The molecule has 0 radical (unpaired) electrons. The van der Waals surface area contributed by atoms with Gasteiger partial charge in [-0.25, -0.2) is 8.42 Å². The summed E-state index contributed by atoms with van der Waals surface area (Å²) >= 11 is 0. The molecule has 0 aliphatic rings. The minimum absolute atomic E-state index is 0.0292. The first-order valence-electron chi connectivity index (χ1n) is 8.56. The zero-order chi connectivity index (χ0) is 19.8. The van der Waals surface area contributed by atoms with Crippen molar-refractivity contribution in [1.82, 2.24) is 0 Å². The van der Waals surface area contributed by atoms with Crippen molar-refractivity contribution >= 4 is 25.8 Å². The molecule has 0 saturated heterocycles. The minimum Gasteiger partial charge on any atom is -0.488 e. The number of anilines is 1. The topological polar surface area (TPSA) is 98.8 Å². The van der Waals surface area contributed by atoms with Gasteiger partial charge in [0.2, 0.25) is 10.0 Å². The Morgan fingerprint density at radius 1 is 1.04 bits per heavy atom. The summed E-state index contributed by atoms with van der Waals surface area (Å²) in [7, 11) is -6.82. The van der Waals surface area contributed by atoms with E-state index in [2.05, 4.69) is 4.72 Å². The van der Waals surface area contributed by atoms with Crippen molar-refractivity contribution in [3.05, 3.63) is 24.3 Å². The molecule has 0 bridgehead atoms. The molecule has 1 aromatic rings. The molecule has 1 N–H and O–H groups in total. The highest BCUT2D eigenvalue weighted by molar-refractivity contribution is 7.92. The van der Waals surface area contributed by atoms with Gasteiger partial charge in [-0.3, -0.25) is 8.91 Å². The summed E-state index contributed by atoms with van der Waals surface area (Å²) in [6.07, 6.45) is 3.86. The van der Waals surface area contributed by atoms with Crippen LogP contribution in [-0.2, 0) is 24.3 Å². The van der Waals surface area contributed by atoms with E-state index in [0.29, 0.717) is 24.3 Å². The van der Waals surface area contributed by atoms with E-state index in [0.717, 1.165) is 19.1 Å². The van der Waals surface area contributed by atoms with Gasteiger partial charge in [0, 0.05) is 12.1 Å². The molecule has 0 unspecified atom stereocenters. The lowest BCUT2D eigenvalue weighted by Crippen LogP contribution is -2.30. The fourth-order valence-electron chi connectivity index (χ4n) is 2.17. The van der Waals surface area contributed by atoms with E-state index in [-0.39, 0.29) is 12.4 Å². The predicted octanol–water partition coefficient (Wildman–Crippen LogP) is 3.14. The maximum absolute atomic E-state index is 12.0. The quantitative estimate of drug-likeness (QED) is 0.422. The molecule has 0 amide bonds. The number of ether oxygens (including phenoxy) is 1. The molecule has 1 aromatic carbocycles. The number of unbranched alkanes of at least 4 members (excludes halogenated alkanes) is 2. The Morgan fingerprint density at radius 2 is 1.65 bits per heavy atom. The zero-order valence-corrected chi connectivity index (χ0v) is 17.5. The van der Waals surface area contributed by atoms with Crippen molar-refractivity contribution < 1.29 is 25.8 Å². The van der Waals surface area contributed by atoms with Gasteiger partial charge in [-0.15, -0.1) is 0 Å². The number of benzene rings is 1. The van der Waals surface area contributed by atoms with Crippen LogP contribution in [0.3, 0.4) is 0 Å². The standard InChI is InChI=1S/C17H29NO6S2/c1-5-6-7-14-26(21,22)18-15-8-10-16(11-9-15)24-17(2,3)12-13-23-25(4,19)20/h8-11,18H,5-7,12-14H2,1-4H3. The van der Waals surface area contributed by atoms with E-state index >= 15 is 0 Å². The highest BCUT2D eigenvalue weighted by Crippen LogP contribution is 2.23. The van der Waals surface area contributed by atoms with Crippen molar-refractivity contribution in [2.75, 3.05) is 23.3 Å². The Bertz CT molecular complexity index is 755. The van der Waals surface area contributed by atoms with Crippen LogP contribution in [0.1, 0.15) is 46.5 Å². The number of sulfonamides is 1. The Hall–Kier alpha value is -1.32. The van der Waals surface area contributed by atoms with Crippen molar-refractivity contribution in [2.45, 2.75) is 52.1 Å². The smallest absolute Gasteiger partial charge is 0.264 e. The van der Waals surface area contributed by atoms with Crippen molar-refractivity contribution in [1.29, 1.82) is 0 Å². The van der Waals surface area contributed by atoms with Crippen LogP contribution < -0.4 is 9.46 Å². The molecule has 150 valence electrons. The van der Waals surface area contributed by atoms with Gasteiger partial charge in [-0.1, -0.05) is 19.8 Å².